The summed E-state index contributed by atoms with van der Waals surface area (Å²) in [4.78, 5) is 0. The molecule has 0 amide bonds. The Morgan fingerprint density at radius 2 is 0.867 bits per heavy atom. The molecule has 0 atom stereocenters. The van der Waals surface area contributed by atoms with Gasteiger partial charge in [-0.25, -0.2) is 0 Å². The zero-order chi connectivity index (χ0) is 11.5. The maximum Gasteiger partial charge on any atom is 0 e. The van der Waals surface area contributed by atoms with Crippen LogP contribution in [0.15, 0.2) is 0 Å². The van der Waals surface area contributed by atoms with Gasteiger partial charge in [-0.1, -0.05) is 0 Å². The molecule has 0 N–H and O–H groups in total. The smallest absolute Gasteiger partial charge is 0 e. The molecule has 1 aliphatic rings. The van der Waals surface area contributed by atoms with Crippen LogP contribution in [-0.2, 0) is 40.1 Å². The Morgan fingerprint density at radius 1 is 0.667 bits per heavy atom. The minimum absolute atomic E-state index is 0. The zero-order valence-corrected chi connectivity index (χ0v) is 11.2. The van der Waals surface area contributed by atoms with Crippen molar-refractivity contribution in [3.05, 3.63) is 26.6 Å². The van der Waals surface area contributed by atoms with Crippen LogP contribution in [-0.4, -0.2) is 42.8 Å². The van der Waals surface area contributed by atoms with Gasteiger partial charge >= 0.3 is 45.2 Å². The largest absolute Gasteiger partial charge is 0 e. The van der Waals surface area contributed by atoms with Crippen molar-refractivity contribution in [2.45, 2.75) is 12.8 Å². The Labute approximate surface area is 122 Å². The van der Waals surface area contributed by atoms with Gasteiger partial charge in [0.2, 0.25) is 0 Å². The summed E-state index contributed by atoms with van der Waals surface area (Å²) < 4.78 is 34.9. The second-order valence-corrected chi connectivity index (χ2v) is 1.32. The molecule has 0 aromatic rings. The van der Waals surface area contributed by atoms with Crippen LogP contribution in [0.3, 0.4) is 0 Å². The fourth-order valence-electron chi connectivity index (χ4n) is 0.510. The zero-order valence-electron chi connectivity index (χ0n) is 8.20. The van der Waals surface area contributed by atoms with E-state index in [0.717, 1.165) is 13.2 Å². The van der Waals surface area contributed by atoms with Gasteiger partial charge in [0.25, 0.3) is 0 Å². The van der Waals surface area contributed by atoms with Crippen molar-refractivity contribution in [3.63, 3.8) is 0 Å². The van der Waals surface area contributed by atoms with E-state index in [9.17, 15) is 0 Å². The number of hydrogen-bond acceptors (Lipinski definition) is 1. The third kappa shape index (κ3) is 75.7. The number of rotatable bonds is 0. The molecule has 1 fully saturated rings. The van der Waals surface area contributed by atoms with Crippen molar-refractivity contribution >= 4 is 29.6 Å². The molecule has 1 rings (SSSR count). The summed E-state index contributed by atoms with van der Waals surface area (Å²) >= 11 is 0. The van der Waals surface area contributed by atoms with E-state index in [2.05, 4.69) is 26.6 Å². The molecule has 0 aromatic carbocycles. The van der Waals surface area contributed by atoms with Gasteiger partial charge in [0.1, 0.15) is 0 Å². The summed E-state index contributed by atoms with van der Waals surface area (Å²) in [5.74, 6) is 0. The second-order valence-electron chi connectivity index (χ2n) is 1.32. The molecule has 0 saturated carbocycles. The molecule has 15 heavy (non-hydrogen) atoms. The van der Waals surface area contributed by atoms with Crippen LogP contribution >= 0.6 is 0 Å². The minimum Gasteiger partial charge on any atom is 0 e. The van der Waals surface area contributed by atoms with Gasteiger partial charge in [-0.15, -0.1) is 0 Å². The molecule has 7 heteroatoms. The van der Waals surface area contributed by atoms with Crippen LogP contribution in [0, 0.1) is 26.6 Å². The molecule has 0 unspecified atom stereocenters. The van der Waals surface area contributed by atoms with E-state index < -0.39 is 0 Å². The Bertz CT molecular complexity index is 107. The topological polar surface area (TPSA) is 88.8 Å². The first-order valence-electron chi connectivity index (χ1n) is 2.89. The Kier molecular flexibility index (Phi) is 213. The molecule has 1 aliphatic heterocycles. The fraction of sp³-hybridized carbons (Fsp3) is 0.500. The van der Waals surface area contributed by atoms with E-state index >= 15 is 0 Å². The Morgan fingerprint density at radius 3 is 0.933 bits per heavy atom. The van der Waals surface area contributed by atoms with E-state index in [1.807, 2.05) is 0 Å². The van der Waals surface area contributed by atoms with Crippen molar-refractivity contribution in [3.8, 4) is 0 Å². The van der Waals surface area contributed by atoms with Gasteiger partial charge in [0, 0.05) is 59.5 Å². The first-order valence-corrected chi connectivity index (χ1v) is 2.89. The van der Waals surface area contributed by atoms with Crippen molar-refractivity contribution < 1.29 is 40.1 Å². The summed E-state index contributed by atoms with van der Waals surface area (Å²) in [7, 11) is 0. The summed E-state index contributed by atoms with van der Waals surface area (Å²) in [6, 6.07) is 0. The fourth-order valence-corrected chi connectivity index (χ4v) is 0.510. The van der Waals surface area contributed by atoms with E-state index in [4.69, 9.17) is 23.3 Å². The van der Waals surface area contributed by atoms with Gasteiger partial charge < -0.3 is 4.74 Å². The third-order valence-electron chi connectivity index (χ3n) is 0.827. The second kappa shape index (κ2) is 88.3. The summed E-state index contributed by atoms with van der Waals surface area (Å²) in [5.41, 5.74) is 0. The molecule has 1 saturated heterocycles. The molecule has 2 radical (unpaired) electrons. The van der Waals surface area contributed by atoms with Gasteiger partial charge in [0.05, 0.1) is 0 Å². The van der Waals surface area contributed by atoms with Gasteiger partial charge in [0.15, 0.2) is 0 Å². The third-order valence-corrected chi connectivity index (χ3v) is 0.827. The summed E-state index contributed by atoms with van der Waals surface area (Å²) in [6.45, 7) is 20.0. The van der Waals surface area contributed by atoms with Crippen molar-refractivity contribution in [1.82, 2.24) is 0 Å². The SMILES string of the molecule is C1CCOC1.[C-]#[O+].[C-]#[O+].[C-]#[O+].[C-]#[O+].[Co].[Na]. The van der Waals surface area contributed by atoms with Crippen molar-refractivity contribution in [1.29, 1.82) is 0 Å². The van der Waals surface area contributed by atoms with Crippen molar-refractivity contribution in [2.75, 3.05) is 13.2 Å². The van der Waals surface area contributed by atoms with E-state index in [0.29, 0.717) is 0 Å². The summed E-state index contributed by atoms with van der Waals surface area (Å²) in [5, 5.41) is 0. The minimum atomic E-state index is 0. The molecule has 80 valence electrons. The molecular weight excluding hydrogens is 258 g/mol. The normalized spacial score (nSPS) is 8.53. The Balaban J connectivity index is -0.0000000182. The Hall–Kier alpha value is 0.426. The van der Waals surface area contributed by atoms with Crippen molar-refractivity contribution in [2.24, 2.45) is 0 Å². The van der Waals surface area contributed by atoms with Crippen LogP contribution in [0.1, 0.15) is 12.8 Å². The quantitative estimate of drug-likeness (QED) is 0.351. The molecule has 5 nitrogen and oxygen atoms in total. The first kappa shape index (κ1) is 36.1. The molecule has 1 heterocycles. The maximum atomic E-state index is 7.50. The van der Waals surface area contributed by atoms with Crippen LogP contribution < -0.4 is 0 Å². The molecular formula is C8H8CoNaO5. The predicted octanol–water partition coefficient (Wildman–Crippen LogP) is 0.263. The molecule has 0 spiro atoms. The van der Waals surface area contributed by atoms with Crippen LogP contribution in [0.25, 0.3) is 0 Å². The molecule has 0 bridgehead atoms. The first-order chi connectivity index (χ1) is 6.50. The average Bonchev–Trinajstić information content (AvgIpc) is 2.87. The average molecular weight is 266 g/mol. The van der Waals surface area contributed by atoms with Gasteiger partial charge in [-0.05, 0) is 12.8 Å². The van der Waals surface area contributed by atoms with Crippen LogP contribution in [0.5, 0.6) is 0 Å². The van der Waals surface area contributed by atoms with E-state index in [1.54, 1.807) is 0 Å². The number of ether oxygens (including phenoxy) is 1. The maximum absolute atomic E-state index is 7.50. The van der Waals surface area contributed by atoms with Gasteiger partial charge in [-0.2, -0.15) is 0 Å². The standard InChI is InChI=1S/C4H8O.4CO.Co.Na/c1-2-4-5-3-1;4*1-2;;/h1-4H2;;;;;;. The van der Waals surface area contributed by atoms with E-state index in [-0.39, 0.29) is 46.3 Å². The molecule has 0 aromatic heterocycles. The van der Waals surface area contributed by atoms with Crippen LogP contribution in [0.2, 0.25) is 0 Å². The van der Waals surface area contributed by atoms with Gasteiger partial charge in [-0.3, -0.25) is 0 Å². The predicted molar refractivity (Wildman–Crippen MR) is 41.5 cm³/mol. The van der Waals surface area contributed by atoms with Crippen LogP contribution in [0.4, 0.5) is 0 Å². The molecule has 0 aliphatic carbocycles. The number of hydrogen-bond donors (Lipinski definition) is 0. The van der Waals surface area contributed by atoms with E-state index in [1.165, 1.54) is 12.8 Å². The monoisotopic (exact) mass is 266 g/mol. The summed E-state index contributed by atoms with van der Waals surface area (Å²) in [6.07, 6.45) is 2.56.